The lowest BCUT2D eigenvalue weighted by Gasteiger charge is -2.26. The van der Waals surface area contributed by atoms with Gasteiger partial charge in [0.1, 0.15) is 11.3 Å². The zero-order valence-electron chi connectivity index (χ0n) is 12.0. The summed E-state index contributed by atoms with van der Waals surface area (Å²) in [4.78, 5) is 4.43. The Morgan fingerprint density at radius 1 is 1.38 bits per heavy atom. The molecular weight excluding hydrogens is 333 g/mol. The van der Waals surface area contributed by atoms with Crippen LogP contribution in [0.5, 0.6) is 0 Å². The molecular formula is C13H17Cl2N3O2S. The molecule has 0 radical (unpaired) electrons. The molecule has 0 saturated heterocycles. The summed E-state index contributed by atoms with van der Waals surface area (Å²) in [6, 6.07) is 5.48. The Bertz CT molecular complexity index is 769. The maximum atomic E-state index is 11.5. The number of rotatable bonds is 5. The van der Waals surface area contributed by atoms with Gasteiger partial charge in [-0.05, 0) is 26.0 Å². The van der Waals surface area contributed by atoms with Crippen LogP contribution in [0.15, 0.2) is 18.2 Å². The van der Waals surface area contributed by atoms with Crippen LogP contribution in [0, 0.1) is 0 Å². The highest BCUT2D eigenvalue weighted by Crippen LogP contribution is 2.26. The van der Waals surface area contributed by atoms with E-state index in [4.69, 9.17) is 23.2 Å². The van der Waals surface area contributed by atoms with E-state index >= 15 is 0 Å². The minimum atomic E-state index is -3.31. The first kappa shape index (κ1) is 16.5. The summed E-state index contributed by atoms with van der Waals surface area (Å²) < 4.78 is 27.4. The van der Waals surface area contributed by atoms with Crippen LogP contribution < -0.4 is 4.72 Å². The van der Waals surface area contributed by atoms with Gasteiger partial charge in [-0.25, -0.2) is 18.1 Å². The molecule has 1 aromatic heterocycles. The number of sulfonamides is 1. The molecule has 116 valence electrons. The smallest absolute Gasteiger partial charge is 0.209 e. The molecule has 2 rings (SSSR count). The van der Waals surface area contributed by atoms with Gasteiger partial charge in [0.25, 0.3) is 0 Å². The number of benzene rings is 1. The van der Waals surface area contributed by atoms with Crippen LogP contribution in [-0.2, 0) is 22.4 Å². The first-order chi connectivity index (χ1) is 9.63. The molecule has 0 unspecified atom stereocenters. The van der Waals surface area contributed by atoms with Crippen molar-refractivity contribution in [2.24, 2.45) is 0 Å². The SMILES string of the molecule is CC(C)(Cn1c(CCl)nc2c(Cl)cccc21)NS(C)(=O)=O. The van der Waals surface area contributed by atoms with Gasteiger partial charge in [-0.1, -0.05) is 17.7 Å². The molecule has 0 fully saturated rings. The summed E-state index contributed by atoms with van der Waals surface area (Å²) in [5, 5.41) is 0.548. The number of halogens is 2. The quantitative estimate of drug-likeness (QED) is 0.844. The van der Waals surface area contributed by atoms with Crippen molar-refractivity contribution in [1.82, 2.24) is 14.3 Å². The van der Waals surface area contributed by atoms with E-state index in [0.717, 1.165) is 11.8 Å². The molecule has 0 atom stereocenters. The Morgan fingerprint density at radius 3 is 2.62 bits per heavy atom. The molecule has 1 N–H and O–H groups in total. The lowest BCUT2D eigenvalue weighted by Crippen LogP contribution is -2.46. The maximum Gasteiger partial charge on any atom is 0.209 e. The summed E-state index contributed by atoms with van der Waals surface area (Å²) >= 11 is 12.1. The molecule has 0 aliphatic rings. The van der Waals surface area contributed by atoms with Crippen molar-refractivity contribution in [2.45, 2.75) is 31.8 Å². The Balaban J connectivity index is 2.48. The van der Waals surface area contributed by atoms with Crippen LogP contribution in [0.1, 0.15) is 19.7 Å². The highest BCUT2D eigenvalue weighted by atomic mass is 35.5. The Labute approximate surface area is 134 Å². The van der Waals surface area contributed by atoms with E-state index in [1.54, 1.807) is 6.07 Å². The topological polar surface area (TPSA) is 64.0 Å². The summed E-state index contributed by atoms with van der Waals surface area (Å²) in [6.45, 7) is 4.02. The molecule has 0 aliphatic carbocycles. The average molecular weight is 350 g/mol. The second-order valence-electron chi connectivity index (χ2n) is 5.61. The predicted molar refractivity (Wildman–Crippen MR) is 86.4 cm³/mol. The van der Waals surface area contributed by atoms with Gasteiger partial charge < -0.3 is 4.57 Å². The maximum absolute atomic E-state index is 11.5. The zero-order valence-corrected chi connectivity index (χ0v) is 14.3. The number of hydrogen-bond donors (Lipinski definition) is 1. The Hall–Kier alpha value is -0.820. The van der Waals surface area contributed by atoms with Gasteiger partial charge in [0.15, 0.2) is 0 Å². The summed E-state index contributed by atoms with van der Waals surface area (Å²) in [7, 11) is -3.31. The lowest BCUT2D eigenvalue weighted by molar-refractivity contribution is 0.392. The van der Waals surface area contributed by atoms with E-state index in [9.17, 15) is 8.42 Å². The minimum absolute atomic E-state index is 0.222. The molecule has 0 bridgehead atoms. The van der Waals surface area contributed by atoms with Crippen molar-refractivity contribution in [3.05, 3.63) is 29.0 Å². The number of para-hydroxylation sites is 1. The fourth-order valence-corrected chi connectivity index (χ4v) is 3.85. The first-order valence-electron chi connectivity index (χ1n) is 6.31. The Kier molecular flexibility index (Phi) is 4.54. The third-order valence-electron chi connectivity index (χ3n) is 2.94. The van der Waals surface area contributed by atoms with Crippen molar-refractivity contribution < 1.29 is 8.42 Å². The second kappa shape index (κ2) is 5.76. The summed E-state index contributed by atoms with van der Waals surface area (Å²) in [6.07, 6.45) is 1.14. The van der Waals surface area contributed by atoms with Crippen LogP contribution in [0.2, 0.25) is 5.02 Å². The van der Waals surface area contributed by atoms with E-state index in [2.05, 4.69) is 9.71 Å². The largest absolute Gasteiger partial charge is 0.325 e. The van der Waals surface area contributed by atoms with Crippen molar-refractivity contribution in [3.63, 3.8) is 0 Å². The number of imidazole rings is 1. The van der Waals surface area contributed by atoms with Gasteiger partial charge in [0.05, 0.1) is 22.7 Å². The summed E-state index contributed by atoms with van der Waals surface area (Å²) in [5.41, 5.74) is 0.830. The van der Waals surface area contributed by atoms with Gasteiger partial charge in [0.2, 0.25) is 10.0 Å². The zero-order chi connectivity index (χ0) is 15.8. The van der Waals surface area contributed by atoms with Crippen molar-refractivity contribution in [3.8, 4) is 0 Å². The number of nitrogens with zero attached hydrogens (tertiary/aromatic N) is 2. The number of nitrogens with one attached hydrogen (secondary N) is 1. The normalized spacial score (nSPS) is 13.0. The number of aromatic nitrogens is 2. The van der Waals surface area contributed by atoms with Crippen LogP contribution in [0.3, 0.4) is 0 Å². The van der Waals surface area contributed by atoms with Crippen molar-refractivity contribution in [1.29, 1.82) is 0 Å². The van der Waals surface area contributed by atoms with E-state index in [0.29, 0.717) is 22.9 Å². The lowest BCUT2D eigenvalue weighted by atomic mass is 10.1. The molecule has 5 nitrogen and oxygen atoms in total. The van der Waals surface area contributed by atoms with Crippen molar-refractivity contribution in [2.75, 3.05) is 6.26 Å². The van der Waals surface area contributed by atoms with Crippen LogP contribution in [0.4, 0.5) is 0 Å². The van der Waals surface area contributed by atoms with Gasteiger partial charge in [-0.2, -0.15) is 0 Å². The highest BCUT2D eigenvalue weighted by Gasteiger charge is 2.25. The fraction of sp³-hybridized carbons (Fsp3) is 0.462. The third kappa shape index (κ3) is 3.88. The van der Waals surface area contributed by atoms with E-state index in [-0.39, 0.29) is 5.88 Å². The monoisotopic (exact) mass is 349 g/mol. The number of alkyl halides is 1. The molecule has 1 aromatic carbocycles. The fourth-order valence-electron chi connectivity index (χ4n) is 2.37. The molecule has 0 spiro atoms. The van der Waals surface area contributed by atoms with Crippen LogP contribution in [0.25, 0.3) is 11.0 Å². The summed E-state index contributed by atoms with van der Waals surface area (Å²) in [5.74, 6) is 0.878. The van der Waals surface area contributed by atoms with Gasteiger partial charge in [-0.15, -0.1) is 11.6 Å². The van der Waals surface area contributed by atoms with Crippen LogP contribution >= 0.6 is 23.2 Å². The third-order valence-corrected chi connectivity index (χ3v) is 4.41. The second-order valence-corrected chi connectivity index (χ2v) is 8.04. The average Bonchev–Trinajstić information content (AvgIpc) is 2.65. The molecule has 2 aromatic rings. The molecule has 0 amide bonds. The number of fused-ring (bicyclic) bond motifs is 1. The van der Waals surface area contributed by atoms with E-state index < -0.39 is 15.6 Å². The van der Waals surface area contributed by atoms with Crippen molar-refractivity contribution >= 4 is 44.3 Å². The number of hydrogen-bond acceptors (Lipinski definition) is 3. The molecule has 0 saturated carbocycles. The van der Waals surface area contributed by atoms with Gasteiger partial charge in [-0.3, -0.25) is 0 Å². The molecule has 0 aliphatic heterocycles. The van der Waals surface area contributed by atoms with Gasteiger partial charge in [0, 0.05) is 12.1 Å². The minimum Gasteiger partial charge on any atom is -0.325 e. The first-order valence-corrected chi connectivity index (χ1v) is 9.12. The standard InChI is InChI=1S/C13H17Cl2N3O2S/c1-13(2,17-21(3,19)20)8-18-10-6-4-5-9(15)12(10)16-11(18)7-14/h4-6,17H,7-8H2,1-3H3. The predicted octanol–water partition coefficient (Wildman–Crippen LogP) is 2.76. The van der Waals surface area contributed by atoms with E-state index in [1.165, 1.54) is 0 Å². The Morgan fingerprint density at radius 2 is 2.05 bits per heavy atom. The van der Waals surface area contributed by atoms with Gasteiger partial charge >= 0.3 is 0 Å². The van der Waals surface area contributed by atoms with Crippen LogP contribution in [-0.4, -0.2) is 29.8 Å². The highest BCUT2D eigenvalue weighted by molar-refractivity contribution is 7.88. The molecule has 21 heavy (non-hydrogen) atoms. The van der Waals surface area contributed by atoms with E-state index in [1.807, 2.05) is 30.5 Å². The molecule has 8 heteroatoms. The molecule has 1 heterocycles.